The predicted molar refractivity (Wildman–Crippen MR) is 64.7 cm³/mol. The molecule has 0 aromatic heterocycles. The number of halogens is 1. The maximum absolute atomic E-state index is 5.37. The van der Waals surface area contributed by atoms with Crippen molar-refractivity contribution in [3.8, 4) is 0 Å². The summed E-state index contributed by atoms with van der Waals surface area (Å²) in [6, 6.07) is 10.0. The molecule has 0 fully saturated rings. The molecule has 15 heavy (non-hydrogen) atoms. The SMILES string of the molecule is CC(C=CBr)OCOCc1ccccc1. The van der Waals surface area contributed by atoms with Crippen molar-refractivity contribution in [2.75, 3.05) is 6.79 Å². The maximum atomic E-state index is 5.37. The summed E-state index contributed by atoms with van der Waals surface area (Å²) in [4.78, 5) is 1.79. The van der Waals surface area contributed by atoms with Crippen molar-refractivity contribution in [3.63, 3.8) is 0 Å². The van der Waals surface area contributed by atoms with Crippen LogP contribution in [0.25, 0.3) is 0 Å². The van der Waals surface area contributed by atoms with Gasteiger partial charge in [0.25, 0.3) is 0 Å². The normalized spacial score (nSPS) is 13.2. The Kier molecular flexibility index (Phi) is 6.32. The van der Waals surface area contributed by atoms with Crippen molar-refractivity contribution in [1.29, 1.82) is 0 Å². The van der Waals surface area contributed by atoms with Gasteiger partial charge < -0.3 is 9.47 Å². The van der Waals surface area contributed by atoms with Gasteiger partial charge in [0.1, 0.15) is 6.79 Å². The lowest BCUT2D eigenvalue weighted by atomic mass is 10.2. The van der Waals surface area contributed by atoms with Gasteiger partial charge in [0.15, 0.2) is 0 Å². The fourth-order valence-electron chi connectivity index (χ4n) is 1.05. The molecule has 1 aromatic carbocycles. The van der Waals surface area contributed by atoms with Gasteiger partial charge in [-0.15, -0.1) is 0 Å². The third-order valence-electron chi connectivity index (χ3n) is 1.87. The molecule has 1 unspecified atom stereocenters. The molecule has 0 amide bonds. The molecule has 0 saturated carbocycles. The molecule has 0 aliphatic rings. The molecule has 3 heteroatoms. The minimum absolute atomic E-state index is 0.0696. The van der Waals surface area contributed by atoms with Crippen molar-refractivity contribution in [2.24, 2.45) is 0 Å². The van der Waals surface area contributed by atoms with Gasteiger partial charge in [-0.1, -0.05) is 46.3 Å². The molecule has 1 rings (SSSR count). The summed E-state index contributed by atoms with van der Waals surface area (Å²) in [5.41, 5.74) is 1.16. The highest BCUT2D eigenvalue weighted by Gasteiger charge is 1.96. The van der Waals surface area contributed by atoms with Crippen molar-refractivity contribution >= 4 is 15.9 Å². The zero-order valence-electron chi connectivity index (χ0n) is 8.73. The molecule has 0 saturated heterocycles. The first-order valence-corrected chi connectivity index (χ1v) is 5.74. The Balaban J connectivity index is 2.12. The van der Waals surface area contributed by atoms with Crippen LogP contribution in [0.2, 0.25) is 0 Å². The lowest BCUT2D eigenvalue weighted by Crippen LogP contribution is -2.08. The van der Waals surface area contributed by atoms with E-state index < -0.39 is 0 Å². The Morgan fingerprint density at radius 2 is 2.07 bits per heavy atom. The highest BCUT2D eigenvalue weighted by atomic mass is 79.9. The first-order valence-electron chi connectivity index (χ1n) is 4.83. The van der Waals surface area contributed by atoms with E-state index in [1.807, 2.05) is 43.3 Å². The molecule has 1 atom stereocenters. The van der Waals surface area contributed by atoms with E-state index in [2.05, 4.69) is 15.9 Å². The van der Waals surface area contributed by atoms with E-state index in [-0.39, 0.29) is 6.10 Å². The molecule has 0 heterocycles. The topological polar surface area (TPSA) is 18.5 Å². The van der Waals surface area contributed by atoms with Crippen molar-refractivity contribution in [2.45, 2.75) is 19.6 Å². The zero-order chi connectivity index (χ0) is 10.9. The second-order valence-electron chi connectivity index (χ2n) is 3.14. The van der Waals surface area contributed by atoms with E-state index in [9.17, 15) is 0 Å². The molecule has 0 radical (unpaired) electrons. The number of rotatable bonds is 6. The summed E-state index contributed by atoms with van der Waals surface area (Å²) < 4.78 is 10.7. The molecular weight excluding hydrogens is 256 g/mol. The van der Waals surface area contributed by atoms with Crippen LogP contribution in [0.15, 0.2) is 41.4 Å². The van der Waals surface area contributed by atoms with Crippen LogP contribution in [0.4, 0.5) is 0 Å². The van der Waals surface area contributed by atoms with E-state index in [0.29, 0.717) is 13.4 Å². The molecule has 0 bridgehead atoms. The standard InChI is InChI=1S/C12H15BrO2/c1-11(7-8-13)15-10-14-9-12-5-3-2-4-6-12/h2-8,11H,9-10H2,1H3. The van der Waals surface area contributed by atoms with E-state index in [0.717, 1.165) is 5.56 Å². The third-order valence-corrected chi connectivity index (χ3v) is 2.17. The van der Waals surface area contributed by atoms with Crippen LogP contribution in [0.3, 0.4) is 0 Å². The highest BCUT2D eigenvalue weighted by Crippen LogP contribution is 2.01. The van der Waals surface area contributed by atoms with Crippen molar-refractivity contribution in [1.82, 2.24) is 0 Å². The van der Waals surface area contributed by atoms with Gasteiger partial charge in [-0.25, -0.2) is 0 Å². The molecular formula is C12H15BrO2. The van der Waals surface area contributed by atoms with Gasteiger partial charge in [0, 0.05) is 0 Å². The molecule has 0 N–H and O–H groups in total. The first-order chi connectivity index (χ1) is 7.33. The summed E-state index contributed by atoms with van der Waals surface area (Å²) >= 11 is 3.19. The Bertz CT molecular complexity index is 285. The average Bonchev–Trinajstić information content (AvgIpc) is 2.26. The second kappa shape index (κ2) is 7.63. The summed E-state index contributed by atoms with van der Waals surface area (Å²) in [5, 5.41) is 0. The van der Waals surface area contributed by atoms with Gasteiger partial charge in [-0.2, -0.15) is 0 Å². The Morgan fingerprint density at radius 3 is 2.73 bits per heavy atom. The maximum Gasteiger partial charge on any atom is 0.147 e. The van der Waals surface area contributed by atoms with Crippen LogP contribution >= 0.6 is 15.9 Å². The second-order valence-corrected chi connectivity index (χ2v) is 3.67. The summed E-state index contributed by atoms with van der Waals surface area (Å²) in [5.74, 6) is 0. The van der Waals surface area contributed by atoms with Gasteiger partial charge in [0.05, 0.1) is 12.7 Å². The van der Waals surface area contributed by atoms with Gasteiger partial charge >= 0.3 is 0 Å². The summed E-state index contributed by atoms with van der Waals surface area (Å²) in [6.45, 7) is 2.86. The van der Waals surface area contributed by atoms with Gasteiger partial charge in [-0.05, 0) is 23.5 Å². The fraction of sp³-hybridized carbons (Fsp3) is 0.333. The Morgan fingerprint density at radius 1 is 1.33 bits per heavy atom. The number of hydrogen-bond acceptors (Lipinski definition) is 2. The van der Waals surface area contributed by atoms with Crippen molar-refractivity contribution in [3.05, 3.63) is 47.0 Å². The third kappa shape index (κ3) is 5.72. The quantitative estimate of drug-likeness (QED) is 0.582. The fourth-order valence-corrected chi connectivity index (χ4v) is 1.48. The predicted octanol–water partition coefficient (Wildman–Crippen LogP) is 3.47. The van der Waals surface area contributed by atoms with Crippen LogP contribution in [-0.4, -0.2) is 12.9 Å². The van der Waals surface area contributed by atoms with Crippen molar-refractivity contribution < 1.29 is 9.47 Å². The molecule has 82 valence electrons. The zero-order valence-corrected chi connectivity index (χ0v) is 10.3. The number of hydrogen-bond donors (Lipinski definition) is 0. The Hall–Kier alpha value is -0.640. The van der Waals surface area contributed by atoms with Crippen LogP contribution in [0.1, 0.15) is 12.5 Å². The van der Waals surface area contributed by atoms with Crippen LogP contribution in [0.5, 0.6) is 0 Å². The summed E-state index contributed by atoms with van der Waals surface area (Å²) in [7, 11) is 0. The minimum atomic E-state index is 0.0696. The smallest absolute Gasteiger partial charge is 0.147 e. The average molecular weight is 271 g/mol. The molecule has 0 aliphatic carbocycles. The van der Waals surface area contributed by atoms with Crippen LogP contribution in [0, 0.1) is 0 Å². The summed E-state index contributed by atoms with van der Waals surface area (Å²) in [6.07, 6.45) is 1.98. The van der Waals surface area contributed by atoms with E-state index in [4.69, 9.17) is 9.47 Å². The minimum Gasteiger partial charge on any atom is -0.351 e. The van der Waals surface area contributed by atoms with Crippen LogP contribution < -0.4 is 0 Å². The van der Waals surface area contributed by atoms with Crippen LogP contribution in [-0.2, 0) is 16.1 Å². The number of ether oxygens (including phenoxy) is 2. The largest absolute Gasteiger partial charge is 0.351 e. The van der Waals surface area contributed by atoms with E-state index >= 15 is 0 Å². The lowest BCUT2D eigenvalue weighted by Gasteiger charge is -2.09. The van der Waals surface area contributed by atoms with Gasteiger partial charge in [0.2, 0.25) is 0 Å². The molecule has 1 aromatic rings. The molecule has 0 aliphatic heterocycles. The van der Waals surface area contributed by atoms with Gasteiger partial charge in [-0.3, -0.25) is 0 Å². The highest BCUT2D eigenvalue weighted by molar-refractivity contribution is 9.11. The Labute approximate surface area is 99.0 Å². The molecule has 2 nitrogen and oxygen atoms in total. The first kappa shape index (κ1) is 12.4. The van der Waals surface area contributed by atoms with E-state index in [1.54, 1.807) is 4.99 Å². The monoisotopic (exact) mass is 270 g/mol. The number of benzene rings is 1. The lowest BCUT2D eigenvalue weighted by molar-refractivity contribution is -0.0774. The van der Waals surface area contributed by atoms with E-state index in [1.165, 1.54) is 0 Å². The molecule has 0 spiro atoms.